The number of rotatable bonds is 5. The summed E-state index contributed by atoms with van der Waals surface area (Å²) in [6, 6.07) is 0. The average Bonchev–Trinajstić information content (AvgIpc) is 2.80. The summed E-state index contributed by atoms with van der Waals surface area (Å²) in [5.41, 5.74) is 0. The van der Waals surface area contributed by atoms with Gasteiger partial charge in [0.2, 0.25) is 5.79 Å². The van der Waals surface area contributed by atoms with Crippen molar-refractivity contribution in [2.75, 3.05) is 19.8 Å². The van der Waals surface area contributed by atoms with E-state index < -0.39 is 74.6 Å². The highest BCUT2D eigenvalue weighted by atomic mass is 16.8. The number of hydrogen-bond donors (Lipinski definition) is 8. The Labute approximate surface area is 141 Å². The van der Waals surface area contributed by atoms with Crippen LogP contribution in [0.1, 0.15) is 0 Å². The molecule has 0 saturated carbocycles. The lowest BCUT2D eigenvalue weighted by atomic mass is 9.99. The van der Waals surface area contributed by atoms with E-state index >= 15 is 0 Å². The normalized spacial score (nSPS) is 47.0. The van der Waals surface area contributed by atoms with Crippen molar-refractivity contribution >= 4 is 0 Å². The van der Waals surface area contributed by atoms with E-state index in [0.29, 0.717) is 0 Å². The van der Waals surface area contributed by atoms with Crippen molar-refractivity contribution in [3.05, 3.63) is 0 Å². The van der Waals surface area contributed by atoms with E-state index in [9.17, 15) is 30.6 Å². The van der Waals surface area contributed by atoms with Gasteiger partial charge in [0.05, 0.1) is 13.2 Å². The van der Waals surface area contributed by atoms with Crippen LogP contribution >= 0.6 is 0 Å². The van der Waals surface area contributed by atoms with Crippen LogP contribution in [-0.2, 0) is 14.2 Å². The first-order valence-corrected chi connectivity index (χ1v) is 7.05. The van der Waals surface area contributed by atoms with Crippen LogP contribution < -0.4 is 0 Å². The van der Waals surface area contributed by atoms with Gasteiger partial charge in [0.25, 0.3) is 0 Å². The molecule has 152 valence electrons. The van der Waals surface area contributed by atoms with Gasteiger partial charge in [-0.3, -0.25) is 0 Å². The van der Waals surface area contributed by atoms with Crippen molar-refractivity contribution < 1.29 is 66.0 Å². The molecule has 9 atom stereocenters. The number of aliphatic hydroxyl groups is 8. The highest BCUT2D eigenvalue weighted by molar-refractivity contribution is 4.98. The Morgan fingerprint density at radius 3 is 1.76 bits per heavy atom. The van der Waals surface area contributed by atoms with Gasteiger partial charge in [-0.2, -0.15) is 0 Å². The van der Waals surface area contributed by atoms with Gasteiger partial charge in [-0.1, -0.05) is 0 Å². The summed E-state index contributed by atoms with van der Waals surface area (Å²) in [5, 5.41) is 76.7. The summed E-state index contributed by atoms with van der Waals surface area (Å²) in [5.74, 6) is -2.22. The molecule has 0 aliphatic carbocycles. The Hall–Kier alpha value is -0.520. The molecule has 2 aliphatic rings. The molecule has 13 heteroatoms. The van der Waals surface area contributed by atoms with E-state index in [2.05, 4.69) is 0 Å². The predicted molar refractivity (Wildman–Crippen MR) is 75.9 cm³/mol. The minimum absolute atomic E-state index is 0. The molecule has 13 nitrogen and oxygen atoms in total. The third-order valence-corrected chi connectivity index (χ3v) is 4.07. The zero-order valence-corrected chi connectivity index (χ0v) is 13.0. The lowest BCUT2D eigenvalue weighted by molar-refractivity contribution is -0.383. The van der Waals surface area contributed by atoms with Crippen molar-refractivity contribution in [1.29, 1.82) is 0 Å². The number of aliphatic hydroxyl groups excluding tert-OH is 8. The molecular weight excluding hydrogens is 352 g/mol. The van der Waals surface area contributed by atoms with Crippen molar-refractivity contribution in [2.24, 2.45) is 0 Å². The minimum Gasteiger partial charge on any atom is -0.412 e. The standard InChI is InChI=1S/C12H22O11.2H2O/c13-1-4-6(16)8(18)9(19)11(21-4)23-12(3-15)10(20)7(17)5(2-14)22-12;;/h4-11,13-20H,1-3H2;2*1H2/t4-,5-,6-,7-,8+,9-,10+,11-,12+;;/m1../s1. The van der Waals surface area contributed by atoms with Crippen molar-refractivity contribution in [3.8, 4) is 0 Å². The molecule has 0 aromatic heterocycles. The van der Waals surface area contributed by atoms with E-state index in [1.807, 2.05) is 0 Å². The number of hydrogen-bond acceptors (Lipinski definition) is 11. The second-order valence-corrected chi connectivity index (χ2v) is 5.56. The van der Waals surface area contributed by atoms with Crippen molar-refractivity contribution in [2.45, 2.75) is 54.8 Å². The third-order valence-electron chi connectivity index (χ3n) is 4.07. The summed E-state index contributed by atoms with van der Waals surface area (Å²) in [6.07, 6.45) is -12.7. The molecule has 2 heterocycles. The fourth-order valence-electron chi connectivity index (χ4n) is 2.63. The van der Waals surface area contributed by atoms with E-state index in [4.69, 9.17) is 24.4 Å². The molecule has 0 amide bonds. The van der Waals surface area contributed by atoms with Crippen LogP contribution in [0.5, 0.6) is 0 Å². The molecule has 0 unspecified atom stereocenters. The molecule has 0 aromatic carbocycles. The quantitative estimate of drug-likeness (QED) is 0.223. The molecule has 0 spiro atoms. The van der Waals surface area contributed by atoms with Gasteiger partial charge in [0.1, 0.15) is 49.3 Å². The van der Waals surface area contributed by atoms with E-state index in [0.717, 1.165) is 0 Å². The Balaban J connectivity index is 0.00000288. The number of ether oxygens (including phenoxy) is 3. The fraction of sp³-hybridized carbons (Fsp3) is 1.00. The molecule has 0 radical (unpaired) electrons. The van der Waals surface area contributed by atoms with Gasteiger partial charge < -0.3 is 66.0 Å². The summed E-state index contributed by atoms with van der Waals surface area (Å²) >= 11 is 0. The van der Waals surface area contributed by atoms with Gasteiger partial charge in [-0.25, -0.2) is 0 Å². The van der Waals surface area contributed by atoms with Gasteiger partial charge in [-0.05, 0) is 0 Å². The summed E-state index contributed by atoms with van der Waals surface area (Å²) in [4.78, 5) is 0. The van der Waals surface area contributed by atoms with Crippen LogP contribution in [-0.4, -0.2) is 126 Å². The molecule has 2 fully saturated rings. The molecule has 2 aliphatic heterocycles. The topological polar surface area (TPSA) is 253 Å². The highest BCUT2D eigenvalue weighted by Gasteiger charge is 2.58. The maximum Gasteiger partial charge on any atom is 0.224 e. The Kier molecular flexibility index (Phi) is 9.23. The lowest BCUT2D eigenvalue weighted by Gasteiger charge is -2.43. The van der Waals surface area contributed by atoms with Gasteiger partial charge >= 0.3 is 0 Å². The predicted octanol–water partition coefficient (Wildman–Crippen LogP) is -7.04. The van der Waals surface area contributed by atoms with Crippen molar-refractivity contribution in [3.63, 3.8) is 0 Å². The van der Waals surface area contributed by atoms with E-state index in [1.54, 1.807) is 0 Å². The summed E-state index contributed by atoms with van der Waals surface area (Å²) in [6.45, 7) is -2.32. The SMILES string of the molecule is O.O.OC[C@H]1O[C@@](CO)(O[C@H]2O[C@H](CO)[C@@H](O)[C@H](O)[C@H]2O)[C@@H](O)[C@@H]1O. The second kappa shape index (κ2) is 9.43. The Bertz CT molecular complexity index is 395. The van der Waals surface area contributed by atoms with Crippen LogP contribution in [0.2, 0.25) is 0 Å². The first-order valence-electron chi connectivity index (χ1n) is 7.05. The van der Waals surface area contributed by atoms with Crippen LogP contribution in [0.25, 0.3) is 0 Å². The maximum absolute atomic E-state index is 10.00. The monoisotopic (exact) mass is 378 g/mol. The first kappa shape index (κ1) is 24.5. The summed E-state index contributed by atoms with van der Waals surface area (Å²) in [7, 11) is 0. The highest BCUT2D eigenvalue weighted by Crippen LogP contribution is 2.35. The third kappa shape index (κ3) is 4.25. The Morgan fingerprint density at radius 1 is 0.760 bits per heavy atom. The van der Waals surface area contributed by atoms with E-state index in [-0.39, 0.29) is 11.0 Å². The van der Waals surface area contributed by atoms with Crippen LogP contribution in [0.15, 0.2) is 0 Å². The van der Waals surface area contributed by atoms with Gasteiger partial charge in [0.15, 0.2) is 6.29 Å². The smallest absolute Gasteiger partial charge is 0.224 e. The fourth-order valence-corrected chi connectivity index (χ4v) is 2.63. The van der Waals surface area contributed by atoms with Crippen LogP contribution in [0, 0.1) is 0 Å². The maximum atomic E-state index is 10.00. The van der Waals surface area contributed by atoms with Gasteiger partial charge in [-0.15, -0.1) is 0 Å². The lowest BCUT2D eigenvalue weighted by Crippen LogP contribution is -2.62. The van der Waals surface area contributed by atoms with Crippen LogP contribution in [0.3, 0.4) is 0 Å². The van der Waals surface area contributed by atoms with E-state index in [1.165, 1.54) is 0 Å². The minimum atomic E-state index is -2.22. The van der Waals surface area contributed by atoms with Crippen molar-refractivity contribution in [1.82, 2.24) is 0 Å². The molecule has 2 rings (SSSR count). The average molecular weight is 378 g/mol. The molecule has 0 bridgehead atoms. The molecule has 2 saturated heterocycles. The molecule has 12 N–H and O–H groups in total. The van der Waals surface area contributed by atoms with Gasteiger partial charge in [0, 0.05) is 0 Å². The molecule has 25 heavy (non-hydrogen) atoms. The molecular formula is C12H26O13. The largest absolute Gasteiger partial charge is 0.412 e. The zero-order valence-electron chi connectivity index (χ0n) is 13.0. The summed E-state index contributed by atoms with van der Waals surface area (Å²) < 4.78 is 15.4. The Morgan fingerprint density at radius 2 is 1.32 bits per heavy atom. The zero-order chi connectivity index (χ0) is 17.4. The first-order chi connectivity index (χ1) is 10.8. The second-order valence-electron chi connectivity index (χ2n) is 5.56. The van der Waals surface area contributed by atoms with Crippen LogP contribution in [0.4, 0.5) is 0 Å². The molecule has 0 aromatic rings.